The van der Waals surface area contributed by atoms with Crippen LogP contribution in [0.1, 0.15) is 32.6 Å². The van der Waals surface area contributed by atoms with Crippen LogP contribution < -0.4 is 4.74 Å². The average Bonchev–Trinajstić information content (AvgIpc) is 2.90. The van der Waals surface area contributed by atoms with Crippen LogP contribution in [-0.4, -0.2) is 18.2 Å². The van der Waals surface area contributed by atoms with Crippen LogP contribution in [0.5, 0.6) is 5.75 Å². The lowest BCUT2D eigenvalue weighted by Crippen LogP contribution is -2.24. The van der Waals surface area contributed by atoms with Gasteiger partial charge in [0, 0.05) is 0 Å². The molecular weight excluding hydrogens is 270 g/mol. The highest BCUT2D eigenvalue weighted by Crippen LogP contribution is 2.31. The standard InChI is InChI=1S/C11H11NOS.C5H10O/c1-3-8(4-1)13-9-5-2-6-10-11(9)12-7-14-10;1-3-4-5-6-2/h2,5-8H,1,3-4H2;4-5H,3H2,1-2H3/b;5-4+. The van der Waals surface area contributed by atoms with Gasteiger partial charge in [0.05, 0.1) is 29.7 Å². The zero-order chi connectivity index (χ0) is 14.2. The number of para-hydroxylation sites is 1. The molecule has 2 aromatic rings. The summed E-state index contributed by atoms with van der Waals surface area (Å²) in [5.41, 5.74) is 2.89. The Morgan fingerprint density at radius 2 is 2.25 bits per heavy atom. The Hall–Kier alpha value is -1.55. The Morgan fingerprint density at radius 3 is 2.85 bits per heavy atom. The molecule has 1 heterocycles. The predicted octanol–water partition coefficient (Wildman–Crippen LogP) is 4.78. The molecule has 1 aromatic carbocycles. The number of methoxy groups -OCH3 is 1. The van der Waals surface area contributed by atoms with Gasteiger partial charge in [-0.25, -0.2) is 4.98 Å². The van der Waals surface area contributed by atoms with E-state index in [0.717, 1.165) is 17.7 Å². The van der Waals surface area contributed by atoms with Gasteiger partial charge >= 0.3 is 0 Å². The molecule has 1 fully saturated rings. The molecule has 1 aromatic heterocycles. The van der Waals surface area contributed by atoms with E-state index in [2.05, 4.69) is 22.7 Å². The highest BCUT2D eigenvalue weighted by atomic mass is 32.1. The molecule has 4 heteroatoms. The van der Waals surface area contributed by atoms with Crippen molar-refractivity contribution in [2.45, 2.75) is 38.7 Å². The highest BCUT2D eigenvalue weighted by molar-refractivity contribution is 7.16. The molecule has 0 radical (unpaired) electrons. The van der Waals surface area contributed by atoms with E-state index in [4.69, 9.17) is 4.74 Å². The van der Waals surface area contributed by atoms with E-state index in [9.17, 15) is 0 Å². The minimum absolute atomic E-state index is 0.433. The lowest BCUT2D eigenvalue weighted by molar-refractivity contribution is 0.122. The van der Waals surface area contributed by atoms with Crippen LogP contribution in [0, 0.1) is 0 Å². The maximum atomic E-state index is 5.87. The maximum Gasteiger partial charge on any atom is 0.146 e. The first-order valence-electron chi connectivity index (χ1n) is 7.01. The molecule has 0 aliphatic heterocycles. The number of benzene rings is 1. The zero-order valence-electron chi connectivity index (χ0n) is 12.0. The molecule has 1 aliphatic carbocycles. The number of aromatic nitrogens is 1. The minimum atomic E-state index is 0.433. The van der Waals surface area contributed by atoms with E-state index in [1.165, 1.54) is 24.0 Å². The number of hydrogen-bond donors (Lipinski definition) is 0. The number of fused-ring (bicyclic) bond motifs is 1. The van der Waals surface area contributed by atoms with E-state index in [0.29, 0.717) is 6.10 Å². The van der Waals surface area contributed by atoms with Crippen molar-refractivity contribution in [3.05, 3.63) is 36.0 Å². The fourth-order valence-electron chi connectivity index (χ4n) is 1.82. The fraction of sp³-hybridized carbons (Fsp3) is 0.438. The van der Waals surface area contributed by atoms with Gasteiger partial charge in [-0.2, -0.15) is 0 Å². The van der Waals surface area contributed by atoms with Crippen molar-refractivity contribution in [2.75, 3.05) is 7.11 Å². The minimum Gasteiger partial charge on any atom is -0.505 e. The zero-order valence-corrected chi connectivity index (χ0v) is 12.9. The normalized spacial score (nSPS) is 14.7. The smallest absolute Gasteiger partial charge is 0.146 e. The van der Waals surface area contributed by atoms with Gasteiger partial charge in [0.1, 0.15) is 11.3 Å². The number of nitrogens with zero attached hydrogens (tertiary/aromatic N) is 1. The van der Waals surface area contributed by atoms with Gasteiger partial charge in [0.2, 0.25) is 0 Å². The largest absolute Gasteiger partial charge is 0.505 e. The molecule has 0 spiro atoms. The van der Waals surface area contributed by atoms with Gasteiger partial charge in [0.15, 0.2) is 0 Å². The van der Waals surface area contributed by atoms with E-state index in [1.807, 2.05) is 23.7 Å². The average molecular weight is 291 g/mol. The number of hydrogen-bond acceptors (Lipinski definition) is 4. The number of thiazole rings is 1. The predicted molar refractivity (Wildman–Crippen MR) is 84.3 cm³/mol. The van der Waals surface area contributed by atoms with Crippen LogP contribution in [0.25, 0.3) is 10.2 Å². The molecule has 0 bridgehead atoms. The number of ether oxygens (including phenoxy) is 2. The van der Waals surface area contributed by atoms with Crippen LogP contribution in [0.15, 0.2) is 36.0 Å². The second-order valence-corrected chi connectivity index (χ2v) is 5.53. The Labute approximate surface area is 124 Å². The molecule has 0 atom stereocenters. The Balaban J connectivity index is 0.000000212. The molecule has 108 valence electrons. The lowest BCUT2D eigenvalue weighted by atomic mass is 9.96. The molecule has 20 heavy (non-hydrogen) atoms. The van der Waals surface area contributed by atoms with E-state index in [-0.39, 0.29) is 0 Å². The van der Waals surface area contributed by atoms with E-state index in [1.54, 1.807) is 24.7 Å². The number of rotatable bonds is 4. The molecular formula is C16H21NO2S. The number of allylic oxidation sites excluding steroid dienone is 1. The third-order valence-electron chi connectivity index (χ3n) is 3.14. The topological polar surface area (TPSA) is 31.4 Å². The summed E-state index contributed by atoms with van der Waals surface area (Å²) in [6.45, 7) is 2.06. The van der Waals surface area contributed by atoms with Crippen LogP contribution in [0.2, 0.25) is 0 Å². The maximum absolute atomic E-state index is 5.87. The first-order chi connectivity index (χ1) is 9.85. The molecule has 3 rings (SSSR count). The summed E-state index contributed by atoms with van der Waals surface area (Å²) in [7, 11) is 1.64. The summed E-state index contributed by atoms with van der Waals surface area (Å²) >= 11 is 1.66. The van der Waals surface area contributed by atoms with Gasteiger partial charge in [-0.05, 0) is 37.8 Å². The van der Waals surface area contributed by atoms with Crippen LogP contribution in [0.3, 0.4) is 0 Å². The van der Waals surface area contributed by atoms with Crippen LogP contribution in [-0.2, 0) is 4.74 Å². The molecule has 0 N–H and O–H groups in total. The first kappa shape index (κ1) is 14.9. The van der Waals surface area contributed by atoms with Gasteiger partial charge in [-0.15, -0.1) is 11.3 Å². The van der Waals surface area contributed by atoms with Crippen molar-refractivity contribution in [3.63, 3.8) is 0 Å². The SMILES string of the molecule is CC/C=C/OC.c1cc(OC2CCC2)c2ncsc2c1. The third-order valence-corrected chi connectivity index (χ3v) is 3.93. The monoisotopic (exact) mass is 291 g/mol. The van der Waals surface area contributed by atoms with E-state index < -0.39 is 0 Å². The summed E-state index contributed by atoms with van der Waals surface area (Å²) in [5.74, 6) is 0.952. The molecule has 1 saturated carbocycles. The summed E-state index contributed by atoms with van der Waals surface area (Å²) in [5, 5.41) is 0. The summed E-state index contributed by atoms with van der Waals surface area (Å²) in [6.07, 6.45) is 8.81. The van der Waals surface area contributed by atoms with Gasteiger partial charge in [0.25, 0.3) is 0 Å². The second kappa shape index (κ2) is 7.90. The quantitative estimate of drug-likeness (QED) is 0.759. The Morgan fingerprint density at radius 1 is 1.40 bits per heavy atom. The molecule has 0 saturated heterocycles. The molecule has 0 amide bonds. The second-order valence-electron chi connectivity index (χ2n) is 4.64. The van der Waals surface area contributed by atoms with Gasteiger partial charge in [-0.1, -0.05) is 19.1 Å². The van der Waals surface area contributed by atoms with Crippen molar-refractivity contribution < 1.29 is 9.47 Å². The van der Waals surface area contributed by atoms with Crippen molar-refractivity contribution in [1.82, 2.24) is 4.98 Å². The van der Waals surface area contributed by atoms with Gasteiger partial charge in [-0.3, -0.25) is 0 Å². The first-order valence-corrected chi connectivity index (χ1v) is 7.89. The highest BCUT2D eigenvalue weighted by Gasteiger charge is 2.20. The van der Waals surface area contributed by atoms with E-state index >= 15 is 0 Å². The van der Waals surface area contributed by atoms with Gasteiger partial charge < -0.3 is 9.47 Å². The molecule has 1 aliphatic rings. The summed E-state index contributed by atoms with van der Waals surface area (Å²) < 4.78 is 11.7. The van der Waals surface area contributed by atoms with Crippen molar-refractivity contribution in [1.29, 1.82) is 0 Å². The van der Waals surface area contributed by atoms with Crippen molar-refractivity contribution in [3.8, 4) is 5.75 Å². The Kier molecular flexibility index (Phi) is 5.87. The fourth-order valence-corrected chi connectivity index (χ4v) is 2.51. The third kappa shape index (κ3) is 3.97. The molecule has 0 unspecified atom stereocenters. The summed E-state index contributed by atoms with van der Waals surface area (Å²) in [6, 6.07) is 6.13. The Bertz CT molecular complexity index is 540. The van der Waals surface area contributed by atoms with Crippen LogP contribution in [0.4, 0.5) is 0 Å². The van der Waals surface area contributed by atoms with Crippen LogP contribution >= 0.6 is 11.3 Å². The summed E-state index contributed by atoms with van der Waals surface area (Å²) in [4.78, 5) is 4.32. The van der Waals surface area contributed by atoms with Crippen molar-refractivity contribution >= 4 is 21.6 Å². The van der Waals surface area contributed by atoms with Crippen molar-refractivity contribution in [2.24, 2.45) is 0 Å². The lowest BCUT2D eigenvalue weighted by Gasteiger charge is -2.26. The molecule has 3 nitrogen and oxygen atoms in total.